The largest absolute Gasteiger partial charge is 0.302 e. The van der Waals surface area contributed by atoms with Crippen LogP contribution in [0.2, 0.25) is 0 Å². The number of likely N-dealkylation sites (N-methyl/N-ethyl adjacent to an activating group) is 1. The number of aromatic nitrogens is 2. The van der Waals surface area contributed by atoms with Crippen molar-refractivity contribution in [2.75, 3.05) is 19.6 Å². The van der Waals surface area contributed by atoms with Gasteiger partial charge in [0.15, 0.2) is 5.03 Å². The number of hydrogen-bond donors (Lipinski definition) is 1. The first kappa shape index (κ1) is 16.5. The summed E-state index contributed by atoms with van der Waals surface area (Å²) in [7, 11) is -3.52. The van der Waals surface area contributed by atoms with Crippen molar-refractivity contribution in [3.05, 3.63) is 11.8 Å². The molecule has 0 spiro atoms. The van der Waals surface area contributed by atoms with E-state index >= 15 is 0 Å². The number of rotatable bonds is 8. The third kappa shape index (κ3) is 3.64. The average molecular weight is 314 g/mol. The molecule has 1 heterocycles. The maximum Gasteiger partial charge on any atom is 0.258 e. The molecule has 0 bridgehead atoms. The molecule has 120 valence electrons. The summed E-state index contributed by atoms with van der Waals surface area (Å²) in [6, 6.07) is 1.64. The molecule has 0 atom stereocenters. The van der Waals surface area contributed by atoms with E-state index < -0.39 is 10.0 Å². The summed E-state index contributed by atoms with van der Waals surface area (Å²) >= 11 is 0. The smallest absolute Gasteiger partial charge is 0.258 e. The van der Waals surface area contributed by atoms with Crippen molar-refractivity contribution in [3.8, 4) is 0 Å². The van der Waals surface area contributed by atoms with Gasteiger partial charge in [0.25, 0.3) is 10.0 Å². The zero-order chi connectivity index (χ0) is 15.7. The normalized spacial score (nSPS) is 17.4. The SMILES string of the molecule is CCN(CC)CC1(NS(=O)(=O)c2cc(C)nn2CC)CC1. The van der Waals surface area contributed by atoms with E-state index in [2.05, 4.69) is 28.6 Å². The van der Waals surface area contributed by atoms with Crippen LogP contribution in [0.25, 0.3) is 0 Å². The summed E-state index contributed by atoms with van der Waals surface area (Å²) < 4.78 is 29.8. The highest BCUT2D eigenvalue weighted by atomic mass is 32.2. The van der Waals surface area contributed by atoms with Gasteiger partial charge in [-0.15, -0.1) is 0 Å². The molecule has 2 rings (SSSR count). The Labute approximate surface area is 127 Å². The van der Waals surface area contributed by atoms with Crippen molar-refractivity contribution in [3.63, 3.8) is 0 Å². The summed E-state index contributed by atoms with van der Waals surface area (Å²) in [5.41, 5.74) is 0.438. The molecular weight excluding hydrogens is 288 g/mol. The van der Waals surface area contributed by atoms with Crippen LogP contribution >= 0.6 is 0 Å². The van der Waals surface area contributed by atoms with E-state index in [1.54, 1.807) is 10.7 Å². The summed E-state index contributed by atoms with van der Waals surface area (Å²) in [6.07, 6.45) is 1.81. The Balaban J connectivity index is 2.17. The maximum absolute atomic E-state index is 12.6. The highest BCUT2D eigenvalue weighted by molar-refractivity contribution is 7.89. The van der Waals surface area contributed by atoms with Crippen molar-refractivity contribution >= 4 is 10.0 Å². The molecule has 7 heteroatoms. The summed E-state index contributed by atoms with van der Waals surface area (Å²) in [6.45, 7) is 11.1. The molecule has 1 aliphatic carbocycles. The Morgan fingerprint density at radius 3 is 2.43 bits per heavy atom. The van der Waals surface area contributed by atoms with Gasteiger partial charge in [-0.3, -0.25) is 4.68 Å². The van der Waals surface area contributed by atoms with Crippen LogP contribution in [0.4, 0.5) is 0 Å². The van der Waals surface area contributed by atoms with Gasteiger partial charge >= 0.3 is 0 Å². The number of nitrogens with one attached hydrogen (secondary N) is 1. The molecule has 1 aromatic heterocycles. The fourth-order valence-corrected chi connectivity index (χ4v) is 4.34. The molecule has 1 N–H and O–H groups in total. The monoisotopic (exact) mass is 314 g/mol. The molecule has 0 unspecified atom stereocenters. The van der Waals surface area contributed by atoms with Crippen molar-refractivity contribution in [2.45, 2.75) is 57.6 Å². The van der Waals surface area contributed by atoms with Crippen molar-refractivity contribution in [1.29, 1.82) is 0 Å². The quantitative estimate of drug-likeness (QED) is 0.787. The number of nitrogens with zero attached hydrogens (tertiary/aromatic N) is 3. The van der Waals surface area contributed by atoms with Crippen LogP contribution in [0, 0.1) is 6.92 Å². The highest BCUT2D eigenvalue weighted by Crippen LogP contribution is 2.37. The third-order valence-electron chi connectivity index (χ3n) is 4.07. The Bertz CT molecular complexity index is 586. The van der Waals surface area contributed by atoms with Crippen LogP contribution < -0.4 is 4.72 Å². The lowest BCUT2D eigenvalue weighted by atomic mass is 10.2. The van der Waals surface area contributed by atoms with Crippen LogP contribution in [0.5, 0.6) is 0 Å². The van der Waals surface area contributed by atoms with Gasteiger partial charge in [0, 0.05) is 18.6 Å². The van der Waals surface area contributed by atoms with Gasteiger partial charge in [-0.1, -0.05) is 13.8 Å². The van der Waals surface area contributed by atoms with E-state index in [1.807, 2.05) is 13.8 Å². The van der Waals surface area contributed by atoms with E-state index in [9.17, 15) is 8.42 Å². The fourth-order valence-electron chi connectivity index (χ4n) is 2.62. The van der Waals surface area contributed by atoms with Gasteiger partial charge in [-0.2, -0.15) is 5.10 Å². The predicted octanol–water partition coefficient (Wildman–Crippen LogP) is 1.36. The molecule has 1 saturated carbocycles. The number of aryl methyl sites for hydroxylation is 2. The van der Waals surface area contributed by atoms with Crippen LogP contribution in [0.1, 0.15) is 39.3 Å². The van der Waals surface area contributed by atoms with Gasteiger partial charge in [-0.25, -0.2) is 13.1 Å². The standard InChI is InChI=1S/C14H26N4O2S/c1-5-17(6-2)11-14(8-9-14)16-21(19,20)13-10-12(4)15-18(13)7-3/h10,16H,5-9,11H2,1-4H3. The van der Waals surface area contributed by atoms with E-state index in [-0.39, 0.29) is 10.6 Å². The van der Waals surface area contributed by atoms with Gasteiger partial charge in [0.2, 0.25) is 0 Å². The van der Waals surface area contributed by atoms with Gasteiger partial charge < -0.3 is 4.90 Å². The lowest BCUT2D eigenvalue weighted by Gasteiger charge is -2.25. The van der Waals surface area contributed by atoms with Crippen molar-refractivity contribution < 1.29 is 8.42 Å². The zero-order valence-corrected chi connectivity index (χ0v) is 14.2. The van der Waals surface area contributed by atoms with Crippen LogP contribution in [0.15, 0.2) is 11.1 Å². The molecule has 0 amide bonds. The summed E-state index contributed by atoms with van der Waals surface area (Å²) in [5, 5.41) is 4.50. The minimum absolute atomic E-state index is 0.272. The zero-order valence-electron chi connectivity index (χ0n) is 13.4. The number of hydrogen-bond acceptors (Lipinski definition) is 4. The second kappa shape index (κ2) is 6.06. The molecular formula is C14H26N4O2S. The summed E-state index contributed by atoms with van der Waals surface area (Å²) in [4.78, 5) is 2.26. The van der Waals surface area contributed by atoms with E-state index in [1.165, 1.54) is 0 Å². The Morgan fingerprint density at radius 2 is 1.95 bits per heavy atom. The minimum atomic E-state index is -3.52. The van der Waals surface area contributed by atoms with E-state index in [0.29, 0.717) is 6.54 Å². The molecule has 0 radical (unpaired) electrons. The van der Waals surface area contributed by atoms with Crippen LogP contribution in [-0.4, -0.2) is 48.3 Å². The van der Waals surface area contributed by atoms with Crippen LogP contribution in [0.3, 0.4) is 0 Å². The first-order valence-corrected chi connectivity index (χ1v) is 9.15. The molecule has 0 aromatic carbocycles. The molecule has 1 aliphatic rings. The lowest BCUT2D eigenvalue weighted by molar-refractivity contribution is 0.267. The van der Waals surface area contributed by atoms with Gasteiger partial charge in [0.1, 0.15) is 0 Å². The molecule has 21 heavy (non-hydrogen) atoms. The molecule has 1 fully saturated rings. The Kier molecular flexibility index (Phi) is 4.75. The third-order valence-corrected chi connectivity index (χ3v) is 5.65. The molecule has 6 nitrogen and oxygen atoms in total. The highest BCUT2D eigenvalue weighted by Gasteiger charge is 2.47. The minimum Gasteiger partial charge on any atom is -0.302 e. The lowest BCUT2D eigenvalue weighted by Crippen LogP contribution is -2.46. The summed E-state index contributed by atoms with van der Waals surface area (Å²) in [5.74, 6) is 0. The molecule has 0 aliphatic heterocycles. The second-order valence-corrected chi connectivity index (χ2v) is 7.42. The Hall–Kier alpha value is -0.920. The second-order valence-electron chi connectivity index (χ2n) is 5.79. The maximum atomic E-state index is 12.6. The molecule has 1 aromatic rings. The Morgan fingerprint density at radius 1 is 1.33 bits per heavy atom. The van der Waals surface area contributed by atoms with Gasteiger partial charge in [0.05, 0.1) is 5.69 Å². The first-order valence-electron chi connectivity index (χ1n) is 7.66. The van der Waals surface area contributed by atoms with Crippen molar-refractivity contribution in [1.82, 2.24) is 19.4 Å². The molecule has 0 saturated heterocycles. The van der Waals surface area contributed by atoms with Gasteiger partial charge in [-0.05, 0) is 45.8 Å². The average Bonchev–Trinajstić information content (AvgIpc) is 3.06. The van der Waals surface area contributed by atoms with Crippen LogP contribution in [-0.2, 0) is 16.6 Å². The topological polar surface area (TPSA) is 67.2 Å². The first-order chi connectivity index (χ1) is 9.85. The van der Waals surface area contributed by atoms with Crippen molar-refractivity contribution in [2.24, 2.45) is 0 Å². The van der Waals surface area contributed by atoms with E-state index in [4.69, 9.17) is 0 Å². The fraction of sp³-hybridized carbons (Fsp3) is 0.786. The number of sulfonamides is 1. The predicted molar refractivity (Wildman–Crippen MR) is 82.7 cm³/mol. The van der Waals surface area contributed by atoms with E-state index in [0.717, 1.165) is 38.2 Å².